The Morgan fingerprint density at radius 2 is 2.29 bits per heavy atom. The summed E-state index contributed by atoms with van der Waals surface area (Å²) in [6, 6.07) is 5.29. The summed E-state index contributed by atoms with van der Waals surface area (Å²) < 4.78 is 6.41. The highest BCUT2D eigenvalue weighted by atomic mass is 16.5. The Balaban J connectivity index is 2.70. The number of pyridine rings is 1. The van der Waals surface area contributed by atoms with Crippen molar-refractivity contribution in [2.24, 2.45) is 5.73 Å². The number of hydrogen-bond acceptors (Lipinski definition) is 5. The second-order valence-electron chi connectivity index (χ2n) is 3.58. The van der Waals surface area contributed by atoms with Crippen molar-refractivity contribution in [1.82, 2.24) is 9.38 Å². The molecule has 0 spiro atoms. The van der Waals surface area contributed by atoms with Crippen molar-refractivity contribution in [3.63, 3.8) is 0 Å². The number of esters is 1. The molecule has 0 aromatic carbocycles. The Morgan fingerprint density at radius 3 is 2.94 bits per heavy atom. The zero-order chi connectivity index (χ0) is 12.4. The molecule has 2 aromatic rings. The van der Waals surface area contributed by atoms with E-state index < -0.39 is 5.97 Å². The van der Waals surface area contributed by atoms with E-state index in [1.165, 1.54) is 7.11 Å². The first-order valence-electron chi connectivity index (χ1n) is 5.23. The van der Waals surface area contributed by atoms with Gasteiger partial charge in [-0.15, -0.1) is 0 Å². The third kappa shape index (κ3) is 1.83. The second kappa shape index (κ2) is 4.42. The number of carbonyl (C=O) groups excluding carboxylic acids is 1. The number of aromatic nitrogens is 2. The third-order valence-corrected chi connectivity index (χ3v) is 2.51. The number of ether oxygens (including phenoxy) is 1. The molecule has 0 bridgehead atoms. The Bertz CT molecular complexity index is 562. The molecule has 0 fully saturated rings. The summed E-state index contributed by atoms with van der Waals surface area (Å²) >= 11 is 0. The molecule has 0 radical (unpaired) electrons. The van der Waals surface area contributed by atoms with Gasteiger partial charge < -0.3 is 16.2 Å². The maximum Gasteiger partial charge on any atom is 0.358 e. The third-order valence-electron chi connectivity index (χ3n) is 2.51. The van der Waals surface area contributed by atoms with Crippen molar-refractivity contribution in [3.05, 3.63) is 29.7 Å². The van der Waals surface area contributed by atoms with Crippen LogP contribution < -0.4 is 11.5 Å². The maximum atomic E-state index is 11.6. The van der Waals surface area contributed by atoms with Gasteiger partial charge in [-0.05, 0) is 18.7 Å². The van der Waals surface area contributed by atoms with Crippen molar-refractivity contribution < 1.29 is 9.53 Å². The molecule has 0 aliphatic carbocycles. The van der Waals surface area contributed by atoms with Gasteiger partial charge >= 0.3 is 5.97 Å². The van der Waals surface area contributed by atoms with Gasteiger partial charge in [0.15, 0.2) is 5.69 Å². The van der Waals surface area contributed by atoms with E-state index in [9.17, 15) is 4.79 Å². The molecule has 0 amide bonds. The van der Waals surface area contributed by atoms with Crippen LogP contribution in [-0.4, -0.2) is 29.0 Å². The lowest BCUT2D eigenvalue weighted by Crippen LogP contribution is -2.08. The topological polar surface area (TPSA) is 95.6 Å². The number of carbonyl (C=O) groups is 1. The van der Waals surface area contributed by atoms with E-state index in [2.05, 4.69) is 9.72 Å². The molecule has 6 nitrogen and oxygen atoms in total. The summed E-state index contributed by atoms with van der Waals surface area (Å²) in [6.07, 6.45) is 0.548. The molecule has 0 aliphatic rings. The van der Waals surface area contributed by atoms with E-state index in [1.54, 1.807) is 22.6 Å². The number of nitrogens with zero attached hydrogens (tertiary/aromatic N) is 2. The minimum atomic E-state index is -0.476. The summed E-state index contributed by atoms with van der Waals surface area (Å²) in [7, 11) is 1.32. The van der Waals surface area contributed by atoms with Crippen molar-refractivity contribution in [1.29, 1.82) is 0 Å². The monoisotopic (exact) mass is 234 g/mol. The normalized spacial score (nSPS) is 10.7. The number of rotatable bonds is 3. The summed E-state index contributed by atoms with van der Waals surface area (Å²) in [5.41, 5.74) is 12.3. The van der Waals surface area contributed by atoms with Gasteiger partial charge in [-0.1, -0.05) is 6.07 Å². The lowest BCUT2D eigenvalue weighted by atomic mass is 10.3. The molecule has 0 aliphatic heterocycles. The zero-order valence-corrected chi connectivity index (χ0v) is 9.51. The van der Waals surface area contributed by atoms with Crippen molar-refractivity contribution in [3.8, 4) is 0 Å². The van der Waals surface area contributed by atoms with Crippen LogP contribution in [0.5, 0.6) is 0 Å². The van der Waals surface area contributed by atoms with Crippen LogP contribution >= 0.6 is 0 Å². The second-order valence-corrected chi connectivity index (χ2v) is 3.58. The summed E-state index contributed by atoms with van der Waals surface area (Å²) in [6.45, 7) is 0.439. The summed E-state index contributed by atoms with van der Waals surface area (Å²) in [5.74, 6) is 0.714. The van der Waals surface area contributed by atoms with Crippen LogP contribution in [0.3, 0.4) is 0 Å². The highest BCUT2D eigenvalue weighted by molar-refractivity contribution is 5.95. The average molecular weight is 234 g/mol. The predicted molar refractivity (Wildman–Crippen MR) is 63.7 cm³/mol. The van der Waals surface area contributed by atoms with Crippen LogP contribution in [-0.2, 0) is 11.2 Å². The van der Waals surface area contributed by atoms with E-state index in [0.29, 0.717) is 30.1 Å². The fourth-order valence-electron chi connectivity index (χ4n) is 1.78. The van der Waals surface area contributed by atoms with E-state index >= 15 is 0 Å². The molecular formula is C11H14N4O2. The molecule has 6 heteroatoms. The fraction of sp³-hybridized carbons (Fsp3) is 0.273. The van der Waals surface area contributed by atoms with Gasteiger partial charge in [-0.3, -0.25) is 4.40 Å². The molecule has 0 saturated carbocycles. The first kappa shape index (κ1) is 11.4. The van der Waals surface area contributed by atoms with Crippen LogP contribution in [0.25, 0.3) is 5.52 Å². The maximum absolute atomic E-state index is 11.6. The smallest absolute Gasteiger partial charge is 0.358 e. The van der Waals surface area contributed by atoms with Gasteiger partial charge in [0, 0.05) is 6.42 Å². The Labute approximate surface area is 98.2 Å². The fourth-order valence-corrected chi connectivity index (χ4v) is 1.78. The van der Waals surface area contributed by atoms with Gasteiger partial charge in [-0.25, -0.2) is 9.78 Å². The van der Waals surface area contributed by atoms with E-state index in [1.807, 2.05) is 0 Å². The molecule has 2 rings (SSSR count). The first-order chi connectivity index (χ1) is 8.19. The Kier molecular flexibility index (Phi) is 2.97. The van der Waals surface area contributed by atoms with Crippen LogP contribution in [0.1, 0.15) is 16.3 Å². The molecule has 0 atom stereocenters. The molecule has 90 valence electrons. The van der Waals surface area contributed by atoms with Crippen LogP contribution in [0.15, 0.2) is 18.2 Å². The molecule has 0 unspecified atom stereocenters. The highest BCUT2D eigenvalue weighted by Crippen LogP contribution is 2.18. The van der Waals surface area contributed by atoms with Gasteiger partial charge in [-0.2, -0.15) is 0 Å². The minimum absolute atomic E-state index is 0.267. The lowest BCUT2D eigenvalue weighted by molar-refractivity contribution is 0.0597. The number of methoxy groups -OCH3 is 1. The molecule has 4 N–H and O–H groups in total. The summed E-state index contributed by atoms with van der Waals surface area (Å²) in [5, 5.41) is 0. The number of anilines is 1. The zero-order valence-electron chi connectivity index (χ0n) is 9.51. The predicted octanol–water partition coefficient (Wildman–Crippen LogP) is 0.204. The van der Waals surface area contributed by atoms with Crippen molar-refractivity contribution in [2.75, 3.05) is 19.4 Å². The van der Waals surface area contributed by atoms with E-state index in [-0.39, 0.29) is 5.69 Å². The van der Waals surface area contributed by atoms with Gasteiger partial charge in [0.05, 0.1) is 12.6 Å². The summed E-state index contributed by atoms with van der Waals surface area (Å²) in [4.78, 5) is 15.8. The van der Waals surface area contributed by atoms with Crippen molar-refractivity contribution in [2.45, 2.75) is 6.42 Å². The van der Waals surface area contributed by atoms with Gasteiger partial charge in [0.25, 0.3) is 0 Å². The number of nitrogen functional groups attached to an aromatic ring is 1. The number of fused-ring (bicyclic) bond motifs is 1. The van der Waals surface area contributed by atoms with Crippen LogP contribution in [0.2, 0.25) is 0 Å². The van der Waals surface area contributed by atoms with Crippen LogP contribution in [0, 0.1) is 0 Å². The average Bonchev–Trinajstić information content (AvgIpc) is 2.69. The van der Waals surface area contributed by atoms with E-state index in [0.717, 1.165) is 0 Å². The van der Waals surface area contributed by atoms with E-state index in [4.69, 9.17) is 11.5 Å². The minimum Gasteiger partial charge on any atom is -0.464 e. The molecular weight excluding hydrogens is 220 g/mol. The Morgan fingerprint density at radius 1 is 1.53 bits per heavy atom. The molecule has 0 saturated heterocycles. The standard InChI is InChI=1S/C11H14N4O2/c1-17-11(16)10-7-3-2-4-8(13)15(7)9(14-10)5-6-12/h2-4H,5-6,12-13H2,1H3. The van der Waals surface area contributed by atoms with Crippen molar-refractivity contribution >= 4 is 17.3 Å². The Hall–Kier alpha value is -2.08. The van der Waals surface area contributed by atoms with Gasteiger partial charge in [0.1, 0.15) is 11.6 Å². The number of hydrogen-bond donors (Lipinski definition) is 2. The lowest BCUT2D eigenvalue weighted by Gasteiger charge is -2.03. The SMILES string of the molecule is COC(=O)c1nc(CCN)n2c(N)cccc12. The highest BCUT2D eigenvalue weighted by Gasteiger charge is 2.18. The quantitative estimate of drug-likeness (QED) is 0.740. The largest absolute Gasteiger partial charge is 0.464 e. The number of imidazole rings is 1. The molecule has 2 heterocycles. The molecule has 2 aromatic heterocycles. The molecule has 17 heavy (non-hydrogen) atoms. The van der Waals surface area contributed by atoms with Gasteiger partial charge in [0.2, 0.25) is 0 Å². The van der Waals surface area contributed by atoms with Crippen LogP contribution in [0.4, 0.5) is 5.82 Å². The number of nitrogens with two attached hydrogens (primary N) is 2. The first-order valence-corrected chi connectivity index (χ1v) is 5.23.